The maximum absolute atomic E-state index is 12.9. The summed E-state index contributed by atoms with van der Waals surface area (Å²) in [7, 11) is -4.39. The molecule has 0 saturated heterocycles. The van der Waals surface area contributed by atoms with Gasteiger partial charge in [0.1, 0.15) is 4.90 Å². The number of hydrogen-bond acceptors (Lipinski definition) is 3. The monoisotopic (exact) mass is 388 g/mol. The summed E-state index contributed by atoms with van der Waals surface area (Å²) in [5, 5.41) is 8.43. The first kappa shape index (κ1) is 19.1. The molecule has 0 radical (unpaired) electrons. The normalized spacial score (nSPS) is 11.8. The summed E-state index contributed by atoms with van der Waals surface area (Å²) < 4.78 is 65.4. The number of hydrogen-bond donors (Lipinski definition) is 0. The average molecular weight is 389 g/mol. The summed E-state index contributed by atoms with van der Waals surface area (Å²) in [6.07, 6.45) is -4.84. The summed E-state index contributed by atoms with van der Waals surface area (Å²) in [5.74, 6) is 0. The van der Waals surface area contributed by atoms with Gasteiger partial charge in [0.25, 0.3) is 10.0 Å². The van der Waals surface area contributed by atoms with E-state index in [1.54, 1.807) is 18.2 Å². The van der Waals surface area contributed by atoms with Crippen LogP contribution in [-0.2, 0) is 16.2 Å². The van der Waals surface area contributed by atoms with E-state index in [2.05, 4.69) is 0 Å². The number of anilines is 1. The molecule has 0 aliphatic heterocycles. The number of alkyl halides is 3. The fourth-order valence-electron chi connectivity index (χ4n) is 2.13. The Balaban J connectivity index is 2.59. The largest absolute Gasteiger partial charge is 0.416 e. The van der Waals surface area contributed by atoms with Gasteiger partial charge in [-0.1, -0.05) is 29.8 Å². The van der Waals surface area contributed by atoms with Gasteiger partial charge in [-0.05, 0) is 30.3 Å². The smallest absolute Gasteiger partial charge is 0.265 e. The Hall–Kier alpha value is -2.24. The number of nitriles is 1. The summed E-state index contributed by atoms with van der Waals surface area (Å²) in [6.45, 7) is -0.213. The van der Waals surface area contributed by atoms with Crippen molar-refractivity contribution in [3.63, 3.8) is 0 Å². The molecule has 0 unspecified atom stereocenters. The van der Waals surface area contributed by atoms with Crippen molar-refractivity contribution in [1.82, 2.24) is 0 Å². The Bertz CT molecular complexity index is 894. The molecule has 0 fully saturated rings. The highest BCUT2D eigenvalue weighted by molar-refractivity contribution is 7.93. The highest BCUT2D eigenvalue weighted by Gasteiger charge is 2.34. The molecule has 0 atom stereocenters. The van der Waals surface area contributed by atoms with Crippen LogP contribution in [0.2, 0.25) is 5.02 Å². The Morgan fingerprint density at radius 3 is 2.32 bits per heavy atom. The molecule has 2 aromatic carbocycles. The molecule has 2 rings (SSSR count). The van der Waals surface area contributed by atoms with Crippen molar-refractivity contribution in [2.24, 2.45) is 0 Å². The molecule has 0 aliphatic rings. The van der Waals surface area contributed by atoms with Gasteiger partial charge in [0.2, 0.25) is 0 Å². The number of halogens is 4. The Morgan fingerprint density at radius 1 is 1.12 bits per heavy atom. The van der Waals surface area contributed by atoms with Crippen LogP contribution in [0.5, 0.6) is 0 Å². The molecule has 132 valence electrons. The first-order chi connectivity index (χ1) is 11.7. The number of nitrogens with zero attached hydrogens (tertiary/aromatic N) is 2. The summed E-state index contributed by atoms with van der Waals surface area (Å²) >= 11 is 5.86. The molecule has 25 heavy (non-hydrogen) atoms. The van der Waals surface area contributed by atoms with E-state index in [0.29, 0.717) is 12.1 Å². The van der Waals surface area contributed by atoms with E-state index in [-0.39, 0.29) is 23.7 Å². The molecule has 0 heterocycles. The van der Waals surface area contributed by atoms with E-state index >= 15 is 0 Å². The second-order valence-corrected chi connectivity index (χ2v) is 7.20. The Morgan fingerprint density at radius 2 is 1.76 bits per heavy atom. The van der Waals surface area contributed by atoms with Crippen LogP contribution in [0.25, 0.3) is 0 Å². The van der Waals surface area contributed by atoms with Gasteiger partial charge in [-0.25, -0.2) is 8.42 Å². The molecule has 9 heteroatoms. The zero-order valence-corrected chi connectivity index (χ0v) is 14.2. The highest BCUT2D eigenvalue weighted by atomic mass is 35.5. The van der Waals surface area contributed by atoms with Crippen molar-refractivity contribution in [3.05, 3.63) is 59.1 Å². The fourth-order valence-corrected chi connectivity index (χ4v) is 4.10. The van der Waals surface area contributed by atoms with Gasteiger partial charge < -0.3 is 0 Å². The lowest BCUT2D eigenvalue weighted by atomic mass is 10.2. The average Bonchev–Trinajstić information content (AvgIpc) is 2.55. The van der Waals surface area contributed by atoms with Crippen molar-refractivity contribution in [2.45, 2.75) is 17.5 Å². The fraction of sp³-hybridized carbons (Fsp3) is 0.188. The van der Waals surface area contributed by atoms with Crippen molar-refractivity contribution in [1.29, 1.82) is 5.26 Å². The van der Waals surface area contributed by atoms with Gasteiger partial charge in [-0.2, -0.15) is 18.4 Å². The molecule has 0 aromatic heterocycles. The number of sulfonamides is 1. The van der Waals surface area contributed by atoms with Crippen molar-refractivity contribution >= 4 is 27.3 Å². The van der Waals surface area contributed by atoms with Crippen LogP contribution in [0.4, 0.5) is 18.9 Å². The highest BCUT2D eigenvalue weighted by Crippen LogP contribution is 2.35. The van der Waals surface area contributed by atoms with Crippen LogP contribution < -0.4 is 4.31 Å². The van der Waals surface area contributed by atoms with Crippen molar-refractivity contribution in [3.8, 4) is 6.07 Å². The van der Waals surface area contributed by atoms with Gasteiger partial charge >= 0.3 is 6.18 Å². The SMILES string of the molecule is N#CCCN(c1ccccc1)S(=O)(=O)c1cc(C(F)(F)F)ccc1Cl. The molecule has 0 bridgehead atoms. The van der Waals surface area contributed by atoms with E-state index in [0.717, 1.165) is 10.4 Å². The second kappa shape index (κ2) is 7.33. The molecule has 0 N–H and O–H groups in total. The summed E-state index contributed by atoms with van der Waals surface area (Å²) in [4.78, 5) is -0.661. The first-order valence-corrected chi connectivity index (χ1v) is 8.81. The number of para-hydroxylation sites is 1. The van der Waals surface area contributed by atoms with Crippen LogP contribution in [0.1, 0.15) is 12.0 Å². The van der Waals surface area contributed by atoms with E-state index in [9.17, 15) is 21.6 Å². The quantitative estimate of drug-likeness (QED) is 0.759. The van der Waals surface area contributed by atoms with Crippen LogP contribution in [0, 0.1) is 11.3 Å². The minimum Gasteiger partial charge on any atom is -0.265 e. The Labute approximate surface area is 148 Å². The van der Waals surface area contributed by atoms with Crippen LogP contribution in [0.15, 0.2) is 53.4 Å². The standard InChI is InChI=1S/C16H12ClF3N2O2S/c17-14-8-7-12(16(18,19)20)11-15(14)25(23,24)22(10-4-9-21)13-5-2-1-3-6-13/h1-3,5-8,11H,4,10H2. The Kier molecular flexibility index (Phi) is 5.60. The van der Waals surface area contributed by atoms with Gasteiger partial charge in [0.15, 0.2) is 0 Å². The van der Waals surface area contributed by atoms with Gasteiger partial charge in [-0.15, -0.1) is 0 Å². The third-order valence-electron chi connectivity index (χ3n) is 3.30. The number of benzene rings is 2. The van der Waals surface area contributed by atoms with E-state index in [1.165, 1.54) is 12.1 Å². The molecule has 0 saturated carbocycles. The minimum absolute atomic E-state index is 0.134. The zero-order chi connectivity index (χ0) is 18.7. The maximum atomic E-state index is 12.9. The van der Waals surface area contributed by atoms with Gasteiger partial charge in [-0.3, -0.25) is 4.31 Å². The molecule has 0 spiro atoms. The molecular weight excluding hydrogens is 377 g/mol. The lowest BCUT2D eigenvalue weighted by Gasteiger charge is -2.24. The van der Waals surface area contributed by atoms with E-state index < -0.39 is 26.7 Å². The first-order valence-electron chi connectivity index (χ1n) is 6.99. The number of rotatable bonds is 5. The summed E-state index contributed by atoms with van der Waals surface area (Å²) in [5.41, 5.74) is -0.894. The summed E-state index contributed by atoms with van der Waals surface area (Å²) in [6, 6.07) is 11.7. The maximum Gasteiger partial charge on any atom is 0.416 e. The molecule has 4 nitrogen and oxygen atoms in total. The molecular formula is C16H12ClF3N2O2S. The zero-order valence-electron chi connectivity index (χ0n) is 12.7. The van der Waals surface area contributed by atoms with Crippen molar-refractivity contribution < 1.29 is 21.6 Å². The van der Waals surface area contributed by atoms with Crippen LogP contribution >= 0.6 is 11.6 Å². The van der Waals surface area contributed by atoms with Crippen LogP contribution in [-0.4, -0.2) is 15.0 Å². The van der Waals surface area contributed by atoms with Crippen LogP contribution in [0.3, 0.4) is 0 Å². The predicted octanol–water partition coefficient (Wildman–Crippen LogP) is 4.47. The van der Waals surface area contributed by atoms with Gasteiger partial charge in [0, 0.05) is 6.54 Å². The molecule has 0 aliphatic carbocycles. The van der Waals surface area contributed by atoms with Crippen molar-refractivity contribution in [2.75, 3.05) is 10.8 Å². The third kappa shape index (κ3) is 4.24. The second-order valence-electron chi connectivity index (χ2n) is 4.96. The third-order valence-corrected chi connectivity index (χ3v) is 5.61. The minimum atomic E-state index is -4.71. The van der Waals surface area contributed by atoms with Gasteiger partial charge in [0.05, 0.1) is 28.8 Å². The molecule has 0 amide bonds. The molecule has 2 aromatic rings. The lowest BCUT2D eigenvalue weighted by Crippen LogP contribution is -2.32. The van der Waals surface area contributed by atoms with E-state index in [1.807, 2.05) is 6.07 Å². The lowest BCUT2D eigenvalue weighted by molar-refractivity contribution is -0.137. The topological polar surface area (TPSA) is 61.2 Å². The predicted molar refractivity (Wildman–Crippen MR) is 87.7 cm³/mol. The van der Waals surface area contributed by atoms with E-state index in [4.69, 9.17) is 16.9 Å².